The Morgan fingerprint density at radius 3 is 2.07 bits per heavy atom. The summed E-state index contributed by atoms with van der Waals surface area (Å²) in [6.45, 7) is 19.1. The van der Waals surface area contributed by atoms with Crippen molar-refractivity contribution in [3.05, 3.63) is 169 Å². The Morgan fingerprint density at radius 2 is 1.30 bits per heavy atom. The third-order valence-corrected chi connectivity index (χ3v) is 11.0. The molecule has 0 atom stereocenters. The number of rotatable bonds is 7. The van der Waals surface area contributed by atoms with Gasteiger partial charge in [-0.15, -0.1) is 0 Å². The van der Waals surface area contributed by atoms with Crippen molar-refractivity contribution in [3.63, 3.8) is 0 Å². The maximum Gasteiger partial charge on any atom is 0.271 e. The first-order valence-corrected chi connectivity index (χ1v) is 20.7. The standard InChI is InChI=1S/C54H53N5O/c1-52(2,3)34-36-18-22-47-49(28-36)57(41-17-13-16-39(30-41)53(4,5)6)35-58(47)50-33-43(25-27-55-50)60-42-20-21-44-45-29-38(37-14-11-10-12-15-37)19-23-46(45)59(48(44)32-42)51-31-40(24-26-56-51)54(7,8)9/h10-33H,34H2,1-9H3/i34D2. The van der Waals surface area contributed by atoms with Crippen LogP contribution in [-0.2, 0) is 17.2 Å². The fourth-order valence-corrected chi connectivity index (χ4v) is 7.94. The SMILES string of the molecule is [2H]C([2H])(c1ccc2c(c1)[n+](-c1cccc(C(C)(C)C)c1)[c-]n2-c1cc(Oc2ccc3c4cc(-c5ccccc5)ccc4n(-c4cc(C(C)(C)C)ccn4)c3c2)ccn1)C(C)(C)C. The molecule has 9 rings (SSSR count). The van der Waals surface area contributed by atoms with E-state index in [9.17, 15) is 0 Å². The molecule has 0 aliphatic carbocycles. The Bertz CT molecular complexity index is 3140. The summed E-state index contributed by atoms with van der Waals surface area (Å²) in [5.41, 5.74) is 9.25. The van der Waals surface area contributed by atoms with Gasteiger partial charge in [-0.25, -0.2) is 4.98 Å². The average molecular weight is 790 g/mol. The van der Waals surface area contributed by atoms with Crippen LogP contribution in [0.25, 0.3) is 61.3 Å². The third kappa shape index (κ3) is 7.59. The van der Waals surface area contributed by atoms with Crippen molar-refractivity contribution in [2.45, 2.75) is 79.5 Å². The highest BCUT2D eigenvalue weighted by Gasteiger charge is 2.21. The number of aromatic nitrogens is 5. The van der Waals surface area contributed by atoms with Crippen molar-refractivity contribution in [3.8, 4) is 39.9 Å². The number of benzene rings is 5. The summed E-state index contributed by atoms with van der Waals surface area (Å²) in [4.78, 5) is 9.74. The molecule has 0 amide bonds. The van der Waals surface area contributed by atoms with Crippen LogP contribution in [0.3, 0.4) is 0 Å². The van der Waals surface area contributed by atoms with E-state index >= 15 is 0 Å². The molecule has 5 aromatic carbocycles. The normalized spacial score (nSPS) is 13.2. The van der Waals surface area contributed by atoms with Gasteiger partial charge < -0.3 is 4.74 Å². The molecule has 4 heterocycles. The molecule has 0 unspecified atom stereocenters. The molecule has 0 spiro atoms. The van der Waals surface area contributed by atoms with Gasteiger partial charge in [0, 0.05) is 38.0 Å². The fraction of sp³-hybridized carbons (Fsp3) is 0.241. The maximum absolute atomic E-state index is 9.12. The summed E-state index contributed by atoms with van der Waals surface area (Å²) in [5.74, 6) is 2.77. The molecule has 0 bridgehead atoms. The van der Waals surface area contributed by atoms with Gasteiger partial charge in [-0.05, 0) is 106 Å². The van der Waals surface area contributed by atoms with Crippen molar-refractivity contribution in [1.29, 1.82) is 0 Å². The van der Waals surface area contributed by atoms with Gasteiger partial charge in [0.05, 0.1) is 27.8 Å². The van der Waals surface area contributed by atoms with Gasteiger partial charge in [0.15, 0.2) is 5.82 Å². The van der Waals surface area contributed by atoms with E-state index < -0.39 is 11.8 Å². The number of hydrogen-bond donors (Lipinski definition) is 0. The van der Waals surface area contributed by atoms with Crippen LogP contribution in [0.1, 0.15) is 81.7 Å². The highest BCUT2D eigenvalue weighted by atomic mass is 16.5. The highest BCUT2D eigenvalue weighted by molar-refractivity contribution is 6.10. The lowest BCUT2D eigenvalue weighted by Gasteiger charge is -2.20. The Balaban J connectivity index is 1.16. The van der Waals surface area contributed by atoms with Crippen LogP contribution in [-0.4, -0.2) is 19.1 Å². The summed E-state index contributed by atoms with van der Waals surface area (Å²) in [5, 5.41) is 2.24. The minimum Gasteiger partial charge on any atom is -0.458 e. The van der Waals surface area contributed by atoms with Gasteiger partial charge in [0.2, 0.25) is 0 Å². The van der Waals surface area contributed by atoms with E-state index in [-0.39, 0.29) is 10.8 Å². The average Bonchev–Trinajstić information content (AvgIpc) is 3.78. The highest BCUT2D eigenvalue weighted by Crippen LogP contribution is 2.38. The van der Waals surface area contributed by atoms with Crippen LogP contribution in [0.4, 0.5) is 0 Å². The first-order chi connectivity index (χ1) is 29.4. The summed E-state index contributed by atoms with van der Waals surface area (Å²) in [6.07, 6.45) is 5.66. The number of imidazole rings is 1. The summed E-state index contributed by atoms with van der Waals surface area (Å²) in [6, 6.07) is 45.8. The van der Waals surface area contributed by atoms with Gasteiger partial charge in [0.25, 0.3) is 6.33 Å². The van der Waals surface area contributed by atoms with Crippen molar-refractivity contribution >= 4 is 32.8 Å². The van der Waals surface area contributed by atoms with E-state index in [0.717, 1.165) is 49.9 Å². The van der Waals surface area contributed by atoms with Crippen molar-refractivity contribution in [1.82, 2.24) is 19.1 Å². The fourth-order valence-electron chi connectivity index (χ4n) is 7.94. The molecule has 0 fully saturated rings. The third-order valence-electron chi connectivity index (χ3n) is 11.0. The summed E-state index contributed by atoms with van der Waals surface area (Å²) >= 11 is 0. The first kappa shape index (κ1) is 36.5. The van der Waals surface area contributed by atoms with E-state index in [1.54, 1.807) is 6.20 Å². The lowest BCUT2D eigenvalue weighted by atomic mass is 9.87. The summed E-state index contributed by atoms with van der Waals surface area (Å²) < 4.78 is 31.1. The van der Waals surface area contributed by atoms with Crippen molar-refractivity contribution in [2.75, 3.05) is 0 Å². The lowest BCUT2D eigenvalue weighted by molar-refractivity contribution is -0.572. The molecule has 0 aliphatic heterocycles. The largest absolute Gasteiger partial charge is 0.458 e. The monoisotopic (exact) mass is 789 g/mol. The topological polar surface area (TPSA) is 48.8 Å². The van der Waals surface area contributed by atoms with E-state index in [4.69, 9.17) is 17.4 Å². The minimum absolute atomic E-state index is 0.0506. The molecular weight excluding hydrogens is 735 g/mol. The molecule has 0 N–H and O–H groups in total. The molecule has 6 heteroatoms. The zero-order valence-electron chi connectivity index (χ0n) is 38.0. The molecule has 9 aromatic rings. The smallest absolute Gasteiger partial charge is 0.271 e. The number of pyridine rings is 2. The molecule has 0 radical (unpaired) electrons. The molecule has 0 saturated carbocycles. The van der Waals surface area contributed by atoms with Gasteiger partial charge in [0.1, 0.15) is 17.3 Å². The maximum atomic E-state index is 9.12. The number of fused-ring (bicyclic) bond motifs is 4. The number of nitrogens with zero attached hydrogens (tertiary/aromatic N) is 5. The second-order valence-corrected chi connectivity index (χ2v) is 18.9. The van der Waals surface area contributed by atoms with Gasteiger partial charge in [-0.1, -0.05) is 129 Å². The quantitative estimate of drug-likeness (QED) is 0.119. The van der Waals surface area contributed by atoms with E-state index in [1.165, 1.54) is 16.7 Å². The Morgan fingerprint density at radius 1 is 0.583 bits per heavy atom. The van der Waals surface area contributed by atoms with Crippen LogP contribution >= 0.6 is 0 Å². The van der Waals surface area contributed by atoms with Crippen LogP contribution in [0.15, 0.2) is 146 Å². The molecule has 0 saturated heterocycles. The predicted molar refractivity (Wildman–Crippen MR) is 246 cm³/mol. The Labute approximate surface area is 356 Å². The number of hydrogen-bond acceptors (Lipinski definition) is 3. The molecule has 60 heavy (non-hydrogen) atoms. The number of ether oxygens (including phenoxy) is 1. The van der Waals surface area contributed by atoms with Gasteiger partial charge in [-0.2, -0.15) is 0 Å². The van der Waals surface area contributed by atoms with E-state index in [1.807, 2.05) is 78.6 Å². The Hall–Kier alpha value is -6.53. The van der Waals surface area contributed by atoms with Crippen LogP contribution in [0.5, 0.6) is 11.5 Å². The lowest BCUT2D eigenvalue weighted by Crippen LogP contribution is -2.30. The van der Waals surface area contributed by atoms with E-state index in [2.05, 4.69) is 143 Å². The molecule has 300 valence electrons. The van der Waals surface area contributed by atoms with Gasteiger partial charge >= 0.3 is 0 Å². The first-order valence-electron chi connectivity index (χ1n) is 21.7. The van der Waals surface area contributed by atoms with Crippen molar-refractivity contribution in [2.24, 2.45) is 5.41 Å². The predicted octanol–water partition coefficient (Wildman–Crippen LogP) is 13.2. The summed E-state index contributed by atoms with van der Waals surface area (Å²) in [7, 11) is 0. The van der Waals surface area contributed by atoms with Crippen molar-refractivity contribution < 1.29 is 12.0 Å². The molecule has 4 aromatic heterocycles. The Kier molecular flexibility index (Phi) is 8.91. The minimum atomic E-state index is -1.58. The zero-order valence-corrected chi connectivity index (χ0v) is 36.0. The van der Waals surface area contributed by atoms with Gasteiger partial charge in [-0.3, -0.25) is 18.7 Å². The molecule has 6 nitrogen and oxygen atoms in total. The van der Waals surface area contributed by atoms with Crippen LogP contribution in [0.2, 0.25) is 0 Å². The second-order valence-electron chi connectivity index (χ2n) is 18.9. The van der Waals surface area contributed by atoms with Crippen LogP contribution in [0, 0.1) is 11.7 Å². The van der Waals surface area contributed by atoms with E-state index in [0.29, 0.717) is 22.9 Å². The zero-order chi connectivity index (χ0) is 43.8. The van der Waals surface area contributed by atoms with Crippen LogP contribution < -0.4 is 9.30 Å². The molecular formula is C54H53N5O. The second kappa shape index (κ2) is 14.6. The molecule has 0 aliphatic rings.